The van der Waals surface area contributed by atoms with E-state index in [4.69, 9.17) is 16.3 Å². The molecular weight excluding hydrogens is 260 g/mol. The van der Waals surface area contributed by atoms with Crippen molar-refractivity contribution in [2.75, 3.05) is 18.0 Å². The van der Waals surface area contributed by atoms with Crippen LogP contribution in [0.4, 0.5) is 5.69 Å². The zero-order valence-electron chi connectivity index (χ0n) is 11.7. The molecule has 0 bridgehead atoms. The van der Waals surface area contributed by atoms with Gasteiger partial charge in [-0.15, -0.1) is 0 Å². The van der Waals surface area contributed by atoms with Gasteiger partial charge in [-0.2, -0.15) is 0 Å². The monoisotopic (exact) mass is 280 g/mol. The fraction of sp³-hybridized carbons (Fsp3) is 0.667. The van der Waals surface area contributed by atoms with E-state index in [9.17, 15) is 0 Å². The van der Waals surface area contributed by atoms with Crippen molar-refractivity contribution in [3.8, 4) is 0 Å². The van der Waals surface area contributed by atoms with E-state index in [0.717, 1.165) is 18.8 Å². The van der Waals surface area contributed by atoms with Gasteiger partial charge in [0.25, 0.3) is 0 Å². The summed E-state index contributed by atoms with van der Waals surface area (Å²) in [4.78, 5) is 6.47. The van der Waals surface area contributed by atoms with Crippen molar-refractivity contribution in [2.45, 2.75) is 50.7 Å². The molecule has 1 aromatic rings. The Bertz CT molecular complexity index is 469. The van der Waals surface area contributed by atoms with Crippen LogP contribution in [0.1, 0.15) is 39.5 Å². The van der Waals surface area contributed by atoms with E-state index in [2.05, 4.69) is 23.7 Å². The van der Waals surface area contributed by atoms with Crippen LogP contribution in [0.15, 0.2) is 18.3 Å². The topological polar surface area (TPSA) is 25.4 Å². The second kappa shape index (κ2) is 4.64. The van der Waals surface area contributed by atoms with Crippen LogP contribution >= 0.6 is 11.6 Å². The Morgan fingerprint density at radius 1 is 1.26 bits per heavy atom. The maximum absolute atomic E-state index is 6.41. The number of ether oxygens (including phenoxy) is 1. The largest absolute Gasteiger partial charge is 0.366 e. The summed E-state index contributed by atoms with van der Waals surface area (Å²) in [7, 11) is 0. The number of hydrogen-bond acceptors (Lipinski definition) is 3. The highest BCUT2D eigenvalue weighted by Gasteiger charge is 2.45. The molecule has 0 atom stereocenters. The van der Waals surface area contributed by atoms with Crippen LogP contribution in [0.5, 0.6) is 0 Å². The molecule has 1 saturated heterocycles. The highest BCUT2D eigenvalue weighted by atomic mass is 35.5. The van der Waals surface area contributed by atoms with Gasteiger partial charge < -0.3 is 9.64 Å². The molecule has 4 heteroatoms. The smallest absolute Gasteiger partial charge is 0.131 e. The van der Waals surface area contributed by atoms with Crippen LogP contribution < -0.4 is 4.90 Å². The molecule has 1 aromatic heterocycles. The van der Waals surface area contributed by atoms with Gasteiger partial charge in [0.15, 0.2) is 0 Å². The van der Waals surface area contributed by atoms with Crippen molar-refractivity contribution < 1.29 is 4.74 Å². The van der Waals surface area contributed by atoms with E-state index in [0.29, 0.717) is 5.15 Å². The fourth-order valence-corrected chi connectivity index (χ4v) is 3.73. The van der Waals surface area contributed by atoms with Crippen LogP contribution in [-0.4, -0.2) is 29.3 Å². The van der Waals surface area contributed by atoms with Crippen molar-refractivity contribution in [1.29, 1.82) is 0 Å². The third-order valence-corrected chi connectivity index (χ3v) is 4.34. The first-order valence-electron chi connectivity index (χ1n) is 7.05. The Morgan fingerprint density at radius 3 is 2.68 bits per heavy atom. The number of anilines is 1. The Labute approximate surface area is 119 Å². The molecule has 1 saturated carbocycles. The number of rotatable bonds is 1. The first kappa shape index (κ1) is 13.2. The summed E-state index contributed by atoms with van der Waals surface area (Å²) in [6.45, 7) is 6.23. The molecule has 0 aromatic carbocycles. The minimum Gasteiger partial charge on any atom is -0.366 e. The van der Waals surface area contributed by atoms with Crippen molar-refractivity contribution in [2.24, 2.45) is 0 Å². The lowest BCUT2D eigenvalue weighted by atomic mass is 9.94. The molecule has 0 unspecified atom stereocenters. The van der Waals surface area contributed by atoms with Gasteiger partial charge in [-0.1, -0.05) is 24.4 Å². The third kappa shape index (κ3) is 2.72. The first-order valence-corrected chi connectivity index (χ1v) is 7.43. The predicted molar refractivity (Wildman–Crippen MR) is 77.8 cm³/mol. The lowest BCUT2D eigenvalue weighted by molar-refractivity contribution is -0.148. The summed E-state index contributed by atoms with van der Waals surface area (Å²) in [6.07, 6.45) is 6.68. The number of aromatic nitrogens is 1. The molecule has 0 amide bonds. The summed E-state index contributed by atoms with van der Waals surface area (Å²) in [5.41, 5.74) is 1.08. The van der Waals surface area contributed by atoms with Crippen LogP contribution in [0.2, 0.25) is 5.15 Å². The SMILES string of the molecule is CC1(C)CN(c2ccnc(Cl)c2)CC2(CCCC2)O1. The van der Waals surface area contributed by atoms with Gasteiger partial charge in [0.2, 0.25) is 0 Å². The minimum atomic E-state index is -0.113. The van der Waals surface area contributed by atoms with Crippen molar-refractivity contribution in [3.05, 3.63) is 23.5 Å². The highest BCUT2D eigenvalue weighted by molar-refractivity contribution is 6.29. The van der Waals surface area contributed by atoms with Gasteiger partial charge in [0, 0.05) is 25.0 Å². The molecule has 2 heterocycles. The maximum Gasteiger partial charge on any atom is 0.131 e. The average Bonchev–Trinajstić information content (AvgIpc) is 2.74. The Balaban J connectivity index is 1.89. The van der Waals surface area contributed by atoms with Crippen LogP contribution in [0, 0.1) is 0 Å². The number of morpholine rings is 1. The molecule has 0 N–H and O–H groups in total. The normalized spacial score (nSPS) is 24.9. The fourth-order valence-electron chi connectivity index (χ4n) is 3.57. The van der Waals surface area contributed by atoms with E-state index in [-0.39, 0.29) is 11.2 Å². The molecule has 1 aliphatic carbocycles. The third-order valence-electron chi connectivity index (χ3n) is 4.13. The molecule has 19 heavy (non-hydrogen) atoms. The molecule has 0 radical (unpaired) electrons. The summed E-state index contributed by atoms with van der Waals surface area (Å²) in [5.74, 6) is 0. The Hall–Kier alpha value is -0.800. The van der Waals surface area contributed by atoms with E-state index < -0.39 is 0 Å². The molecule has 1 spiro atoms. The molecule has 2 aliphatic rings. The van der Waals surface area contributed by atoms with Crippen molar-refractivity contribution >= 4 is 17.3 Å². The predicted octanol–water partition coefficient (Wildman–Crippen LogP) is 3.66. The number of hydrogen-bond donors (Lipinski definition) is 0. The minimum absolute atomic E-state index is 0.0392. The van der Waals surface area contributed by atoms with Crippen LogP contribution in [0.3, 0.4) is 0 Å². The van der Waals surface area contributed by atoms with Gasteiger partial charge in [0.05, 0.1) is 11.2 Å². The molecule has 2 fully saturated rings. The Morgan fingerprint density at radius 2 is 2.00 bits per heavy atom. The standard InChI is InChI=1S/C15H21ClN2O/c1-14(2)10-18(12-5-8-17-13(16)9-12)11-15(19-14)6-3-4-7-15/h5,8-9H,3-4,6-7,10-11H2,1-2H3. The zero-order valence-corrected chi connectivity index (χ0v) is 12.4. The molecule has 104 valence electrons. The van der Waals surface area contributed by atoms with E-state index in [1.165, 1.54) is 25.7 Å². The second-order valence-corrected chi connectivity index (χ2v) is 6.83. The summed E-state index contributed by atoms with van der Waals surface area (Å²) in [6, 6.07) is 3.99. The van der Waals surface area contributed by atoms with E-state index >= 15 is 0 Å². The maximum atomic E-state index is 6.41. The quantitative estimate of drug-likeness (QED) is 0.734. The van der Waals surface area contributed by atoms with Crippen molar-refractivity contribution in [3.63, 3.8) is 0 Å². The van der Waals surface area contributed by atoms with E-state index in [1.807, 2.05) is 12.1 Å². The highest BCUT2D eigenvalue weighted by Crippen LogP contribution is 2.41. The molecular formula is C15H21ClN2O. The average molecular weight is 281 g/mol. The second-order valence-electron chi connectivity index (χ2n) is 6.44. The Kier molecular flexibility index (Phi) is 3.22. The first-order chi connectivity index (χ1) is 8.98. The molecule has 3 rings (SSSR count). The molecule has 3 nitrogen and oxygen atoms in total. The van der Waals surface area contributed by atoms with Gasteiger partial charge in [-0.3, -0.25) is 0 Å². The van der Waals surface area contributed by atoms with E-state index in [1.54, 1.807) is 6.20 Å². The van der Waals surface area contributed by atoms with Crippen molar-refractivity contribution in [1.82, 2.24) is 4.98 Å². The van der Waals surface area contributed by atoms with Gasteiger partial charge in [0.1, 0.15) is 5.15 Å². The zero-order chi connectivity index (χ0) is 13.5. The summed E-state index contributed by atoms with van der Waals surface area (Å²) < 4.78 is 6.41. The van der Waals surface area contributed by atoms with Gasteiger partial charge in [-0.25, -0.2) is 4.98 Å². The number of halogens is 1. The lowest BCUT2D eigenvalue weighted by Crippen LogP contribution is -2.58. The number of nitrogens with zero attached hydrogens (tertiary/aromatic N) is 2. The van der Waals surface area contributed by atoms with Crippen LogP contribution in [-0.2, 0) is 4.74 Å². The van der Waals surface area contributed by atoms with Crippen LogP contribution in [0.25, 0.3) is 0 Å². The van der Waals surface area contributed by atoms with Gasteiger partial charge >= 0.3 is 0 Å². The summed E-state index contributed by atoms with van der Waals surface area (Å²) >= 11 is 6.02. The summed E-state index contributed by atoms with van der Waals surface area (Å²) in [5, 5.41) is 0.558. The number of pyridine rings is 1. The lowest BCUT2D eigenvalue weighted by Gasteiger charge is -2.49. The molecule has 1 aliphatic heterocycles. The van der Waals surface area contributed by atoms with Gasteiger partial charge in [-0.05, 0) is 38.8 Å².